The van der Waals surface area contributed by atoms with Gasteiger partial charge in [0.25, 0.3) is 0 Å². The second-order valence-corrected chi connectivity index (χ2v) is 7.93. The summed E-state index contributed by atoms with van der Waals surface area (Å²) < 4.78 is 1.67. The third-order valence-corrected chi connectivity index (χ3v) is 6.06. The zero-order valence-electron chi connectivity index (χ0n) is 16.1. The van der Waals surface area contributed by atoms with E-state index in [1.807, 2.05) is 31.2 Å². The van der Waals surface area contributed by atoms with E-state index in [4.69, 9.17) is 18.0 Å². The van der Waals surface area contributed by atoms with Crippen LogP contribution in [0.15, 0.2) is 48.7 Å². The van der Waals surface area contributed by atoms with Crippen molar-refractivity contribution in [3.05, 3.63) is 70.4 Å². The zero-order chi connectivity index (χ0) is 21.0. The van der Waals surface area contributed by atoms with Gasteiger partial charge in [-0.3, -0.25) is 14.5 Å². The van der Waals surface area contributed by atoms with E-state index in [1.165, 1.54) is 0 Å². The Kier molecular flexibility index (Phi) is 3.99. The number of aryl methyl sites for hydroxylation is 1. The molecule has 1 aromatic heterocycles. The molecular formula is C23H17ClN4O2. The van der Waals surface area contributed by atoms with Gasteiger partial charge >= 0.3 is 0 Å². The van der Waals surface area contributed by atoms with Gasteiger partial charge in [0, 0.05) is 22.7 Å². The SMILES string of the molecule is C#CCN1C(=O)[C@]2(CC(=O)Nc3c2cnn3-c2ccccc2C)c2cc(Cl)ccc21. The van der Waals surface area contributed by atoms with Crippen LogP contribution in [0.4, 0.5) is 11.5 Å². The number of aromatic nitrogens is 2. The summed E-state index contributed by atoms with van der Waals surface area (Å²) in [6.07, 6.45) is 7.15. The van der Waals surface area contributed by atoms with E-state index in [9.17, 15) is 9.59 Å². The fourth-order valence-corrected chi connectivity index (χ4v) is 4.67. The molecule has 1 N–H and O–H groups in total. The summed E-state index contributed by atoms with van der Waals surface area (Å²) in [6, 6.07) is 13.0. The first kappa shape index (κ1) is 18.5. The monoisotopic (exact) mass is 416 g/mol. The van der Waals surface area contributed by atoms with Gasteiger partial charge in [-0.25, -0.2) is 4.68 Å². The van der Waals surface area contributed by atoms with Gasteiger partial charge < -0.3 is 5.32 Å². The van der Waals surface area contributed by atoms with Gasteiger partial charge in [-0.15, -0.1) is 6.42 Å². The number of fused-ring (bicyclic) bond motifs is 4. The van der Waals surface area contributed by atoms with Crippen molar-refractivity contribution in [3.63, 3.8) is 0 Å². The Bertz CT molecular complexity index is 1270. The number of carbonyl (C=O) groups is 2. The van der Waals surface area contributed by atoms with Crippen molar-refractivity contribution < 1.29 is 9.59 Å². The number of hydrogen-bond donors (Lipinski definition) is 1. The van der Waals surface area contributed by atoms with Crippen molar-refractivity contribution >= 4 is 34.9 Å². The van der Waals surface area contributed by atoms with Gasteiger partial charge in [0.15, 0.2) is 0 Å². The van der Waals surface area contributed by atoms with Crippen LogP contribution in [0.1, 0.15) is 23.1 Å². The van der Waals surface area contributed by atoms with E-state index in [0.717, 1.165) is 11.3 Å². The number of nitrogens with one attached hydrogen (secondary N) is 1. The van der Waals surface area contributed by atoms with Crippen LogP contribution in [0, 0.1) is 19.3 Å². The lowest BCUT2D eigenvalue weighted by molar-refractivity contribution is -0.126. The third-order valence-electron chi connectivity index (χ3n) is 5.83. The van der Waals surface area contributed by atoms with Gasteiger partial charge in [-0.1, -0.05) is 35.7 Å². The molecule has 2 amide bonds. The number of halogens is 1. The molecule has 0 saturated carbocycles. The van der Waals surface area contributed by atoms with Crippen molar-refractivity contribution in [2.24, 2.45) is 0 Å². The Morgan fingerprint density at radius 3 is 2.77 bits per heavy atom. The minimum absolute atomic E-state index is 0.0350. The molecule has 148 valence electrons. The van der Waals surface area contributed by atoms with Gasteiger partial charge in [0.1, 0.15) is 11.2 Å². The molecule has 2 aliphatic heterocycles. The Morgan fingerprint density at radius 1 is 1.20 bits per heavy atom. The molecule has 0 fully saturated rings. The van der Waals surface area contributed by atoms with E-state index in [2.05, 4.69) is 16.3 Å². The number of terminal acetylenes is 1. The summed E-state index contributed by atoms with van der Waals surface area (Å²) in [6.45, 7) is 2.08. The summed E-state index contributed by atoms with van der Waals surface area (Å²) in [5.74, 6) is 2.53. The molecule has 1 spiro atoms. The van der Waals surface area contributed by atoms with Crippen molar-refractivity contribution in [1.29, 1.82) is 0 Å². The fraction of sp³-hybridized carbons (Fsp3) is 0.174. The second kappa shape index (κ2) is 6.48. The Balaban J connectivity index is 1.79. The van der Waals surface area contributed by atoms with Gasteiger partial charge in [0.05, 0.1) is 18.4 Å². The lowest BCUT2D eigenvalue weighted by Crippen LogP contribution is -2.46. The zero-order valence-corrected chi connectivity index (χ0v) is 16.9. The maximum atomic E-state index is 13.7. The van der Waals surface area contributed by atoms with Crippen molar-refractivity contribution in [1.82, 2.24) is 9.78 Å². The maximum absolute atomic E-state index is 13.7. The Morgan fingerprint density at radius 2 is 2.00 bits per heavy atom. The van der Waals surface area contributed by atoms with E-state index < -0.39 is 5.41 Å². The highest BCUT2D eigenvalue weighted by molar-refractivity contribution is 6.31. The number of anilines is 2. The molecule has 0 bridgehead atoms. The van der Waals surface area contributed by atoms with Crippen molar-refractivity contribution in [3.8, 4) is 18.0 Å². The molecule has 3 aromatic rings. The number of nitrogens with zero attached hydrogens (tertiary/aromatic N) is 3. The highest BCUT2D eigenvalue weighted by Crippen LogP contribution is 2.53. The summed E-state index contributed by atoms with van der Waals surface area (Å²) in [5.41, 5.74) is 2.59. The molecule has 0 unspecified atom stereocenters. The van der Waals surface area contributed by atoms with Crippen molar-refractivity contribution in [2.45, 2.75) is 18.8 Å². The molecule has 0 radical (unpaired) electrons. The normalized spacial score (nSPS) is 19.4. The third kappa shape index (κ3) is 2.36. The van der Waals surface area contributed by atoms with E-state index in [-0.39, 0.29) is 24.8 Å². The van der Waals surface area contributed by atoms with E-state index in [1.54, 1.807) is 34.0 Å². The minimum Gasteiger partial charge on any atom is -0.310 e. The van der Waals surface area contributed by atoms with Crippen molar-refractivity contribution in [2.75, 3.05) is 16.8 Å². The predicted octanol–water partition coefficient (Wildman–Crippen LogP) is 3.44. The molecule has 1 atom stereocenters. The molecule has 30 heavy (non-hydrogen) atoms. The van der Waals surface area contributed by atoms with Crippen LogP contribution in [-0.4, -0.2) is 28.1 Å². The first-order valence-electron chi connectivity index (χ1n) is 9.47. The summed E-state index contributed by atoms with van der Waals surface area (Å²) in [5, 5.41) is 7.94. The fourth-order valence-electron chi connectivity index (χ4n) is 4.50. The number of para-hydroxylation sites is 1. The first-order valence-corrected chi connectivity index (χ1v) is 9.85. The van der Waals surface area contributed by atoms with Crippen LogP contribution < -0.4 is 10.2 Å². The standard InChI is InChI=1S/C23H17ClN4O2/c1-3-10-27-19-9-8-15(24)11-16(19)23(22(27)30)12-20(29)26-21-17(23)13-25-28(21)18-7-5-4-6-14(18)2/h1,4-9,11,13H,10,12H2,2H3,(H,26,29)/t23-/m1/s1. The summed E-state index contributed by atoms with van der Waals surface area (Å²) in [4.78, 5) is 28.1. The average Bonchev–Trinajstić information content (AvgIpc) is 3.23. The molecular weight excluding hydrogens is 400 g/mol. The van der Waals surface area contributed by atoms with Crippen LogP contribution in [0.25, 0.3) is 5.69 Å². The minimum atomic E-state index is -1.21. The van der Waals surface area contributed by atoms with Crippen LogP contribution in [0.3, 0.4) is 0 Å². The highest BCUT2D eigenvalue weighted by atomic mass is 35.5. The molecule has 5 rings (SSSR count). The molecule has 2 aromatic carbocycles. The highest BCUT2D eigenvalue weighted by Gasteiger charge is 2.57. The Labute approximate surface area is 178 Å². The van der Waals surface area contributed by atoms with E-state index >= 15 is 0 Å². The number of amides is 2. The van der Waals surface area contributed by atoms with Gasteiger partial charge in [-0.05, 0) is 42.3 Å². The largest absolute Gasteiger partial charge is 0.310 e. The Hall–Kier alpha value is -3.56. The van der Waals surface area contributed by atoms with Crippen LogP contribution in [-0.2, 0) is 15.0 Å². The number of hydrogen-bond acceptors (Lipinski definition) is 3. The predicted molar refractivity (Wildman–Crippen MR) is 115 cm³/mol. The quantitative estimate of drug-likeness (QED) is 0.651. The summed E-state index contributed by atoms with van der Waals surface area (Å²) >= 11 is 6.29. The second-order valence-electron chi connectivity index (χ2n) is 7.49. The lowest BCUT2D eigenvalue weighted by atomic mass is 9.72. The van der Waals surface area contributed by atoms with Gasteiger partial charge in [0.2, 0.25) is 11.8 Å². The molecule has 0 aliphatic carbocycles. The lowest BCUT2D eigenvalue weighted by Gasteiger charge is -2.32. The number of rotatable bonds is 2. The molecule has 7 heteroatoms. The van der Waals surface area contributed by atoms with Crippen LogP contribution >= 0.6 is 11.6 Å². The van der Waals surface area contributed by atoms with Crippen LogP contribution in [0.2, 0.25) is 5.02 Å². The average molecular weight is 417 g/mol. The topological polar surface area (TPSA) is 67.2 Å². The first-order chi connectivity index (χ1) is 14.5. The summed E-state index contributed by atoms with van der Waals surface area (Å²) in [7, 11) is 0. The number of benzene rings is 2. The molecule has 6 nitrogen and oxygen atoms in total. The van der Waals surface area contributed by atoms with E-state index in [0.29, 0.717) is 27.7 Å². The van der Waals surface area contributed by atoms with Crippen LogP contribution in [0.5, 0.6) is 0 Å². The molecule has 0 saturated heterocycles. The smallest absolute Gasteiger partial charge is 0.243 e. The molecule has 2 aliphatic rings. The van der Waals surface area contributed by atoms with Gasteiger partial charge in [-0.2, -0.15) is 5.10 Å². The molecule has 3 heterocycles. The maximum Gasteiger partial charge on any atom is 0.243 e. The number of carbonyl (C=O) groups excluding carboxylic acids is 2.